The zero-order valence-corrected chi connectivity index (χ0v) is 14.0. The van der Waals surface area contributed by atoms with Gasteiger partial charge in [0, 0.05) is 7.05 Å². The van der Waals surface area contributed by atoms with E-state index in [-0.39, 0.29) is 11.5 Å². The van der Waals surface area contributed by atoms with Crippen molar-refractivity contribution < 1.29 is 14.7 Å². The monoisotopic (exact) mass is 353 g/mol. The number of rotatable bonds is 4. The summed E-state index contributed by atoms with van der Waals surface area (Å²) in [6.07, 6.45) is -0.903. The highest BCUT2D eigenvalue weighted by Crippen LogP contribution is 2.26. The van der Waals surface area contributed by atoms with E-state index >= 15 is 0 Å². The van der Waals surface area contributed by atoms with E-state index in [0.29, 0.717) is 16.5 Å². The Hall–Kier alpha value is -3.13. The molecule has 0 spiro atoms. The Labute approximate surface area is 149 Å². The average molecular weight is 353 g/mol. The quantitative estimate of drug-likeness (QED) is 0.617. The SMILES string of the molecule is CN1C(=S)N(c2ccccc2)C(=O)[C@@H]1N=Nc1cccc(C(=O)[O-])c1. The van der Waals surface area contributed by atoms with Gasteiger partial charge in [-0.05, 0) is 42.0 Å². The van der Waals surface area contributed by atoms with Gasteiger partial charge in [-0.25, -0.2) is 0 Å². The van der Waals surface area contributed by atoms with Crippen LogP contribution in [0.15, 0.2) is 64.8 Å². The van der Waals surface area contributed by atoms with E-state index in [1.165, 1.54) is 28.0 Å². The Morgan fingerprint density at radius 2 is 1.88 bits per heavy atom. The predicted molar refractivity (Wildman–Crippen MR) is 93.4 cm³/mol. The maximum Gasteiger partial charge on any atom is 0.280 e. The molecule has 3 rings (SSSR count). The van der Waals surface area contributed by atoms with Crippen molar-refractivity contribution in [1.82, 2.24) is 4.90 Å². The van der Waals surface area contributed by atoms with Crippen molar-refractivity contribution in [2.75, 3.05) is 11.9 Å². The number of azo groups is 1. The molecule has 2 aromatic carbocycles. The van der Waals surface area contributed by atoms with Crippen LogP contribution in [0.4, 0.5) is 11.4 Å². The van der Waals surface area contributed by atoms with Crippen LogP contribution in [0, 0.1) is 0 Å². The summed E-state index contributed by atoms with van der Waals surface area (Å²) in [6.45, 7) is 0. The first-order valence-electron chi connectivity index (χ1n) is 7.37. The van der Waals surface area contributed by atoms with Gasteiger partial charge in [0.25, 0.3) is 5.91 Å². The fourth-order valence-corrected chi connectivity index (χ4v) is 2.69. The predicted octanol–water partition coefficient (Wildman–Crippen LogP) is 1.72. The molecule has 1 aliphatic heterocycles. The number of anilines is 1. The lowest BCUT2D eigenvalue weighted by atomic mass is 10.2. The van der Waals surface area contributed by atoms with Gasteiger partial charge < -0.3 is 14.8 Å². The maximum absolute atomic E-state index is 12.7. The van der Waals surface area contributed by atoms with Gasteiger partial charge in [-0.1, -0.05) is 30.3 Å². The molecular formula is C17H13N4O3S-. The van der Waals surface area contributed by atoms with Gasteiger partial charge in [0.05, 0.1) is 17.3 Å². The van der Waals surface area contributed by atoms with Crippen LogP contribution in [0.1, 0.15) is 10.4 Å². The molecule has 1 saturated heterocycles. The van der Waals surface area contributed by atoms with Crippen LogP contribution in [0.25, 0.3) is 0 Å². The van der Waals surface area contributed by atoms with E-state index in [9.17, 15) is 14.7 Å². The lowest BCUT2D eigenvalue weighted by Crippen LogP contribution is -2.30. The minimum atomic E-state index is -1.30. The summed E-state index contributed by atoms with van der Waals surface area (Å²) >= 11 is 5.33. The van der Waals surface area contributed by atoms with Gasteiger partial charge in [-0.3, -0.25) is 9.69 Å². The second kappa shape index (κ2) is 6.78. The van der Waals surface area contributed by atoms with Gasteiger partial charge in [-0.2, -0.15) is 10.2 Å². The number of likely N-dealkylation sites (N-methyl/N-ethyl adjacent to an activating group) is 1. The molecule has 0 saturated carbocycles. The van der Waals surface area contributed by atoms with E-state index in [1.54, 1.807) is 25.2 Å². The fraction of sp³-hybridized carbons (Fsp3) is 0.118. The highest BCUT2D eigenvalue weighted by Gasteiger charge is 2.41. The van der Waals surface area contributed by atoms with Crippen molar-refractivity contribution >= 4 is 40.6 Å². The van der Waals surface area contributed by atoms with Gasteiger partial charge in [0.1, 0.15) is 0 Å². The number of para-hydroxylation sites is 1. The summed E-state index contributed by atoms with van der Waals surface area (Å²) in [6, 6.07) is 14.9. The second-order valence-corrected chi connectivity index (χ2v) is 5.69. The number of hydrogen-bond acceptors (Lipinski definition) is 6. The van der Waals surface area contributed by atoms with Crippen LogP contribution in [-0.4, -0.2) is 35.1 Å². The lowest BCUT2D eigenvalue weighted by molar-refractivity contribution is -0.255. The molecule has 1 fully saturated rings. The number of carbonyl (C=O) groups is 2. The van der Waals surface area contributed by atoms with E-state index in [0.717, 1.165) is 0 Å². The molecule has 1 atom stereocenters. The minimum absolute atomic E-state index is 0.0102. The summed E-state index contributed by atoms with van der Waals surface area (Å²) in [4.78, 5) is 26.5. The number of carboxylic acid groups (broad SMARTS) is 1. The van der Waals surface area contributed by atoms with Crippen molar-refractivity contribution in [2.45, 2.75) is 6.17 Å². The first kappa shape index (κ1) is 16.7. The highest BCUT2D eigenvalue weighted by atomic mass is 32.1. The topological polar surface area (TPSA) is 88.4 Å². The highest BCUT2D eigenvalue weighted by molar-refractivity contribution is 7.80. The third-order valence-electron chi connectivity index (χ3n) is 3.68. The zero-order valence-electron chi connectivity index (χ0n) is 13.2. The van der Waals surface area contributed by atoms with Crippen LogP contribution in [0.2, 0.25) is 0 Å². The number of amides is 1. The summed E-state index contributed by atoms with van der Waals surface area (Å²) in [5.74, 6) is -1.62. The number of carbonyl (C=O) groups excluding carboxylic acids is 2. The summed E-state index contributed by atoms with van der Waals surface area (Å²) in [7, 11) is 1.66. The van der Waals surface area contributed by atoms with Crippen molar-refractivity contribution in [2.24, 2.45) is 10.2 Å². The molecule has 7 nitrogen and oxygen atoms in total. The lowest BCUT2D eigenvalue weighted by Gasteiger charge is -2.16. The smallest absolute Gasteiger partial charge is 0.280 e. The Bertz CT molecular complexity index is 869. The molecule has 0 aromatic heterocycles. The molecule has 8 heteroatoms. The fourth-order valence-electron chi connectivity index (χ4n) is 2.40. The van der Waals surface area contributed by atoms with Crippen molar-refractivity contribution in [3.63, 3.8) is 0 Å². The Kier molecular flexibility index (Phi) is 4.53. The Morgan fingerprint density at radius 3 is 2.56 bits per heavy atom. The number of carboxylic acids is 1. The molecule has 0 N–H and O–H groups in total. The summed E-state index contributed by atoms with van der Waals surface area (Å²) < 4.78 is 0. The molecule has 126 valence electrons. The van der Waals surface area contributed by atoms with Crippen LogP contribution < -0.4 is 10.0 Å². The molecule has 25 heavy (non-hydrogen) atoms. The molecule has 2 aromatic rings. The van der Waals surface area contributed by atoms with E-state index in [2.05, 4.69) is 10.2 Å². The van der Waals surface area contributed by atoms with Crippen LogP contribution in [0.3, 0.4) is 0 Å². The van der Waals surface area contributed by atoms with E-state index in [1.807, 2.05) is 18.2 Å². The summed E-state index contributed by atoms with van der Waals surface area (Å²) in [5.41, 5.74) is 0.956. The van der Waals surface area contributed by atoms with Crippen molar-refractivity contribution in [1.29, 1.82) is 0 Å². The maximum atomic E-state index is 12.7. The molecule has 1 heterocycles. The number of thiocarbonyl (C=S) groups is 1. The number of aromatic carboxylic acids is 1. The van der Waals surface area contributed by atoms with Gasteiger partial charge >= 0.3 is 0 Å². The standard InChI is InChI=1S/C17H14N4O3S/c1-20-14(19-18-12-7-5-6-11(10-12)16(23)24)15(22)21(17(20)25)13-8-3-2-4-9-13/h2-10,14H,1H3,(H,23,24)/p-1/t14-/m1/s1. The average Bonchev–Trinajstić information content (AvgIpc) is 2.83. The van der Waals surface area contributed by atoms with Gasteiger partial charge in [0.15, 0.2) is 5.11 Å². The Morgan fingerprint density at radius 1 is 1.16 bits per heavy atom. The second-order valence-electron chi connectivity index (χ2n) is 5.33. The van der Waals surface area contributed by atoms with E-state index < -0.39 is 12.1 Å². The van der Waals surface area contributed by atoms with Gasteiger partial charge in [0.2, 0.25) is 6.17 Å². The summed E-state index contributed by atoms with van der Waals surface area (Å²) in [5, 5.41) is 19.2. The molecular weight excluding hydrogens is 340 g/mol. The third kappa shape index (κ3) is 3.24. The van der Waals surface area contributed by atoms with Crippen molar-refractivity contribution in [3.05, 3.63) is 60.2 Å². The van der Waals surface area contributed by atoms with Crippen LogP contribution >= 0.6 is 12.2 Å². The minimum Gasteiger partial charge on any atom is -0.545 e. The molecule has 1 aliphatic rings. The molecule has 0 radical (unpaired) electrons. The number of hydrogen-bond donors (Lipinski definition) is 0. The first-order valence-corrected chi connectivity index (χ1v) is 7.78. The normalized spacial score (nSPS) is 17.6. The first-order chi connectivity index (χ1) is 12.0. The zero-order chi connectivity index (χ0) is 18.0. The largest absolute Gasteiger partial charge is 0.545 e. The van der Waals surface area contributed by atoms with Crippen LogP contribution in [0.5, 0.6) is 0 Å². The van der Waals surface area contributed by atoms with Gasteiger partial charge in [-0.15, -0.1) is 0 Å². The van der Waals surface area contributed by atoms with Crippen molar-refractivity contribution in [3.8, 4) is 0 Å². The van der Waals surface area contributed by atoms with Crippen LogP contribution in [-0.2, 0) is 4.79 Å². The molecule has 0 unspecified atom stereocenters. The number of benzene rings is 2. The third-order valence-corrected chi connectivity index (χ3v) is 4.15. The molecule has 1 amide bonds. The number of nitrogens with zero attached hydrogens (tertiary/aromatic N) is 4. The van der Waals surface area contributed by atoms with E-state index in [4.69, 9.17) is 12.2 Å². The molecule has 0 aliphatic carbocycles. The molecule has 0 bridgehead atoms. The Balaban J connectivity index is 1.85.